The average molecular weight is 314 g/mol. The van der Waals surface area contributed by atoms with E-state index < -0.39 is 23.8 Å². The summed E-state index contributed by atoms with van der Waals surface area (Å²) in [7, 11) is 1.17. The molecule has 22 heavy (non-hydrogen) atoms. The fourth-order valence-corrected chi connectivity index (χ4v) is 1.96. The molecule has 0 spiro atoms. The number of alkyl halides is 3. The Bertz CT molecular complexity index is 627. The molecule has 5 nitrogen and oxygen atoms in total. The number of methoxy groups -OCH3 is 1. The predicted molar refractivity (Wildman–Crippen MR) is 69.5 cm³/mol. The summed E-state index contributed by atoms with van der Waals surface area (Å²) in [6.45, 7) is 0.0311. The lowest BCUT2D eigenvalue weighted by Crippen LogP contribution is -2.31. The summed E-state index contributed by atoms with van der Waals surface area (Å²) < 4.78 is 48.6. The number of hydrogen-bond donors (Lipinski definition) is 1. The standard InChI is InChI=1S/C14H13F3N2O3/c1-21-12(13(20)18-8-9-6-7-22-19-9)10-4-2-3-5-11(10)14(15,16)17/h2-7,12H,8H2,1H3,(H,18,20)/t12-/m1/s1. The summed E-state index contributed by atoms with van der Waals surface area (Å²) in [4.78, 5) is 12.1. The van der Waals surface area contributed by atoms with Gasteiger partial charge in [0, 0.05) is 18.7 Å². The van der Waals surface area contributed by atoms with Crippen molar-refractivity contribution >= 4 is 5.91 Å². The van der Waals surface area contributed by atoms with E-state index in [-0.39, 0.29) is 12.1 Å². The molecule has 0 bridgehead atoms. The van der Waals surface area contributed by atoms with Crippen LogP contribution in [0.2, 0.25) is 0 Å². The van der Waals surface area contributed by atoms with Crippen LogP contribution in [0.15, 0.2) is 41.1 Å². The summed E-state index contributed by atoms with van der Waals surface area (Å²) in [6.07, 6.45) is -4.61. The lowest BCUT2D eigenvalue weighted by molar-refractivity contribution is -0.141. The van der Waals surface area contributed by atoms with Gasteiger partial charge in [-0.15, -0.1) is 0 Å². The fourth-order valence-electron chi connectivity index (χ4n) is 1.96. The summed E-state index contributed by atoms with van der Waals surface area (Å²) >= 11 is 0. The molecule has 118 valence electrons. The van der Waals surface area contributed by atoms with Crippen LogP contribution in [0.25, 0.3) is 0 Å². The van der Waals surface area contributed by atoms with E-state index in [4.69, 9.17) is 4.74 Å². The van der Waals surface area contributed by atoms with Gasteiger partial charge in [0.2, 0.25) is 0 Å². The number of amides is 1. The van der Waals surface area contributed by atoms with Crippen molar-refractivity contribution in [3.8, 4) is 0 Å². The van der Waals surface area contributed by atoms with E-state index in [2.05, 4.69) is 15.0 Å². The Labute approximate surface area is 124 Å². The van der Waals surface area contributed by atoms with Crippen LogP contribution in [0.1, 0.15) is 22.9 Å². The van der Waals surface area contributed by atoms with Gasteiger partial charge in [0.15, 0.2) is 6.10 Å². The second-order valence-corrected chi connectivity index (χ2v) is 4.41. The monoisotopic (exact) mass is 314 g/mol. The molecule has 8 heteroatoms. The highest BCUT2D eigenvalue weighted by Gasteiger charge is 2.36. The van der Waals surface area contributed by atoms with Crippen molar-refractivity contribution in [1.82, 2.24) is 10.5 Å². The van der Waals surface area contributed by atoms with E-state index in [9.17, 15) is 18.0 Å². The Morgan fingerprint density at radius 3 is 2.68 bits per heavy atom. The van der Waals surface area contributed by atoms with E-state index in [0.717, 1.165) is 6.07 Å². The molecular formula is C14H13F3N2O3. The van der Waals surface area contributed by atoms with Crippen LogP contribution in [-0.4, -0.2) is 18.2 Å². The molecule has 0 aliphatic rings. The van der Waals surface area contributed by atoms with E-state index in [1.807, 2.05) is 0 Å². The zero-order chi connectivity index (χ0) is 16.2. The van der Waals surface area contributed by atoms with Crippen LogP contribution in [0.3, 0.4) is 0 Å². The number of nitrogens with one attached hydrogen (secondary N) is 1. The van der Waals surface area contributed by atoms with Crippen molar-refractivity contribution < 1.29 is 27.2 Å². The smallest absolute Gasteiger partial charge is 0.367 e. The number of aromatic nitrogens is 1. The number of carbonyl (C=O) groups excluding carboxylic acids is 1. The van der Waals surface area contributed by atoms with E-state index in [0.29, 0.717) is 5.69 Å². The molecule has 1 amide bonds. The van der Waals surface area contributed by atoms with Gasteiger partial charge in [-0.2, -0.15) is 13.2 Å². The van der Waals surface area contributed by atoms with Gasteiger partial charge in [-0.3, -0.25) is 4.79 Å². The van der Waals surface area contributed by atoms with Crippen molar-refractivity contribution in [2.75, 3.05) is 7.11 Å². The molecule has 2 aromatic rings. The van der Waals surface area contributed by atoms with Gasteiger partial charge in [-0.25, -0.2) is 0 Å². The molecule has 1 heterocycles. The Morgan fingerprint density at radius 1 is 1.36 bits per heavy atom. The maximum atomic E-state index is 13.0. The van der Waals surface area contributed by atoms with E-state index >= 15 is 0 Å². The third kappa shape index (κ3) is 3.64. The topological polar surface area (TPSA) is 64.4 Å². The summed E-state index contributed by atoms with van der Waals surface area (Å²) in [5.41, 5.74) is -0.694. The molecule has 0 saturated carbocycles. The molecule has 0 saturated heterocycles. The van der Waals surface area contributed by atoms with Crippen molar-refractivity contribution in [2.24, 2.45) is 0 Å². The third-order valence-corrected chi connectivity index (χ3v) is 2.96. The van der Waals surface area contributed by atoms with Gasteiger partial charge in [0.1, 0.15) is 12.0 Å². The van der Waals surface area contributed by atoms with Crippen molar-refractivity contribution in [3.05, 3.63) is 53.4 Å². The maximum Gasteiger partial charge on any atom is 0.416 e. The van der Waals surface area contributed by atoms with Crippen LogP contribution in [0.5, 0.6) is 0 Å². The minimum Gasteiger partial charge on any atom is -0.367 e. The number of halogens is 3. The van der Waals surface area contributed by atoms with Gasteiger partial charge in [-0.05, 0) is 6.07 Å². The van der Waals surface area contributed by atoms with E-state index in [1.54, 1.807) is 0 Å². The van der Waals surface area contributed by atoms with Crippen LogP contribution in [-0.2, 0) is 22.3 Å². The number of rotatable bonds is 5. The number of carbonyl (C=O) groups is 1. The first-order chi connectivity index (χ1) is 10.4. The molecule has 2 rings (SSSR count). The minimum atomic E-state index is -4.57. The van der Waals surface area contributed by atoms with Gasteiger partial charge < -0.3 is 14.6 Å². The molecule has 1 aromatic carbocycles. The van der Waals surface area contributed by atoms with Crippen molar-refractivity contribution in [1.29, 1.82) is 0 Å². The van der Waals surface area contributed by atoms with Gasteiger partial charge >= 0.3 is 6.18 Å². The summed E-state index contributed by atoms with van der Waals surface area (Å²) in [6, 6.07) is 6.33. The van der Waals surface area contributed by atoms with Gasteiger partial charge in [0.25, 0.3) is 5.91 Å². The first kappa shape index (κ1) is 16.0. The number of nitrogens with zero attached hydrogens (tertiary/aromatic N) is 1. The highest BCUT2D eigenvalue weighted by molar-refractivity contribution is 5.82. The zero-order valence-electron chi connectivity index (χ0n) is 11.6. The van der Waals surface area contributed by atoms with Crippen LogP contribution < -0.4 is 5.32 Å². The highest BCUT2D eigenvalue weighted by atomic mass is 19.4. The summed E-state index contributed by atoms with van der Waals surface area (Å²) in [5, 5.41) is 6.05. The number of hydrogen-bond acceptors (Lipinski definition) is 4. The molecule has 1 N–H and O–H groups in total. The van der Waals surface area contributed by atoms with Crippen molar-refractivity contribution in [2.45, 2.75) is 18.8 Å². The fraction of sp³-hybridized carbons (Fsp3) is 0.286. The number of benzene rings is 1. The Morgan fingerprint density at radius 2 is 2.09 bits per heavy atom. The highest BCUT2D eigenvalue weighted by Crippen LogP contribution is 2.35. The van der Waals surface area contributed by atoms with Gasteiger partial charge in [0.05, 0.1) is 12.1 Å². The minimum absolute atomic E-state index is 0.0311. The quantitative estimate of drug-likeness (QED) is 0.921. The maximum absolute atomic E-state index is 13.0. The molecule has 0 fully saturated rings. The molecule has 0 unspecified atom stereocenters. The van der Waals surface area contributed by atoms with E-state index in [1.165, 1.54) is 37.6 Å². The normalized spacial score (nSPS) is 12.9. The lowest BCUT2D eigenvalue weighted by atomic mass is 10.0. The molecule has 1 atom stereocenters. The lowest BCUT2D eigenvalue weighted by Gasteiger charge is -2.19. The van der Waals surface area contributed by atoms with Gasteiger partial charge in [-0.1, -0.05) is 23.4 Å². The molecule has 1 aromatic heterocycles. The first-order valence-corrected chi connectivity index (χ1v) is 6.29. The Hall–Kier alpha value is -2.35. The average Bonchev–Trinajstić information content (AvgIpc) is 2.99. The molecule has 0 aliphatic heterocycles. The van der Waals surface area contributed by atoms with Crippen LogP contribution >= 0.6 is 0 Å². The SMILES string of the molecule is CO[C@@H](C(=O)NCc1ccon1)c1ccccc1C(F)(F)F. The molecule has 0 radical (unpaired) electrons. The Kier molecular flexibility index (Phi) is 4.81. The summed E-state index contributed by atoms with van der Waals surface area (Å²) in [5.74, 6) is -0.692. The number of ether oxygens (including phenoxy) is 1. The van der Waals surface area contributed by atoms with Crippen LogP contribution in [0.4, 0.5) is 13.2 Å². The van der Waals surface area contributed by atoms with Crippen molar-refractivity contribution in [3.63, 3.8) is 0 Å². The first-order valence-electron chi connectivity index (χ1n) is 6.29. The second kappa shape index (κ2) is 6.61. The van der Waals surface area contributed by atoms with Crippen LogP contribution in [0, 0.1) is 0 Å². The third-order valence-electron chi connectivity index (χ3n) is 2.96. The molecule has 0 aliphatic carbocycles. The largest absolute Gasteiger partial charge is 0.416 e. The zero-order valence-corrected chi connectivity index (χ0v) is 11.6. The molecular weight excluding hydrogens is 301 g/mol. The second-order valence-electron chi connectivity index (χ2n) is 4.41. The predicted octanol–water partition coefficient (Wildman–Crippen LogP) is 2.70. The Balaban J connectivity index is 2.19.